The Kier molecular flexibility index (Phi) is 7.19. The lowest BCUT2D eigenvalue weighted by molar-refractivity contribution is -0.192. The summed E-state index contributed by atoms with van der Waals surface area (Å²) in [5.74, 6) is -2.64. The minimum atomic E-state index is -5.08. The zero-order valence-corrected chi connectivity index (χ0v) is 18.4. The van der Waals surface area contributed by atoms with E-state index in [1.54, 1.807) is 11.3 Å². The van der Waals surface area contributed by atoms with Crippen molar-refractivity contribution in [2.24, 2.45) is 0 Å². The van der Waals surface area contributed by atoms with Gasteiger partial charge in [-0.05, 0) is 31.7 Å². The molecule has 32 heavy (non-hydrogen) atoms. The third-order valence-electron chi connectivity index (χ3n) is 5.06. The molecule has 7 nitrogen and oxygen atoms in total. The van der Waals surface area contributed by atoms with E-state index in [4.69, 9.17) is 14.9 Å². The largest absolute Gasteiger partial charge is 0.490 e. The highest BCUT2D eigenvalue weighted by Gasteiger charge is 2.38. The Morgan fingerprint density at radius 2 is 1.84 bits per heavy atom. The predicted octanol–water partition coefficient (Wildman–Crippen LogP) is 3.65. The summed E-state index contributed by atoms with van der Waals surface area (Å²) in [6, 6.07) is 8.00. The third kappa shape index (κ3) is 5.28. The molecule has 0 unspecified atom stereocenters. The summed E-state index contributed by atoms with van der Waals surface area (Å²) in [6.45, 7) is 5.53. The number of fused-ring (bicyclic) bond motifs is 1. The molecular weight excluding hydrogens is 445 g/mol. The Morgan fingerprint density at radius 3 is 2.41 bits per heavy atom. The molecule has 11 heteroatoms. The summed E-state index contributed by atoms with van der Waals surface area (Å²) in [6.07, 6.45) is -2.14. The van der Waals surface area contributed by atoms with Crippen LogP contribution in [0.1, 0.15) is 22.3 Å². The van der Waals surface area contributed by atoms with Crippen LogP contribution in [0.3, 0.4) is 0 Å². The number of hydrogen-bond acceptors (Lipinski definition) is 5. The number of pyridine rings is 1. The van der Waals surface area contributed by atoms with Crippen molar-refractivity contribution in [3.05, 3.63) is 46.4 Å². The number of carboxylic acid groups (broad SMARTS) is 1. The average molecular weight is 469 g/mol. The Labute approximate surface area is 186 Å². The molecule has 3 aromatic rings. The molecule has 0 aromatic carbocycles. The molecule has 1 amide bonds. The van der Waals surface area contributed by atoms with Crippen molar-refractivity contribution in [2.45, 2.75) is 19.5 Å². The molecule has 0 radical (unpaired) electrons. The number of amides is 1. The number of carbonyl (C=O) groups excluding carboxylic acids is 1. The molecule has 1 fully saturated rings. The van der Waals surface area contributed by atoms with Crippen LogP contribution in [0.5, 0.6) is 0 Å². The highest BCUT2D eigenvalue weighted by atomic mass is 32.1. The van der Waals surface area contributed by atoms with E-state index in [1.165, 1.54) is 0 Å². The summed E-state index contributed by atoms with van der Waals surface area (Å²) < 4.78 is 33.8. The molecule has 0 bridgehead atoms. The number of alkyl halides is 3. The molecule has 0 atom stereocenters. The summed E-state index contributed by atoms with van der Waals surface area (Å²) in [5, 5.41) is 10.3. The lowest BCUT2D eigenvalue weighted by atomic mass is 10.2. The van der Waals surface area contributed by atoms with Crippen molar-refractivity contribution in [1.82, 2.24) is 19.2 Å². The number of aryl methyl sites for hydroxylation is 1. The summed E-state index contributed by atoms with van der Waals surface area (Å²) in [4.78, 5) is 30.9. The van der Waals surface area contributed by atoms with E-state index in [0.717, 1.165) is 60.1 Å². The molecular formula is C21H23F3N4O3S. The van der Waals surface area contributed by atoms with Gasteiger partial charge in [-0.3, -0.25) is 4.79 Å². The van der Waals surface area contributed by atoms with Gasteiger partial charge in [-0.2, -0.15) is 13.2 Å². The fourth-order valence-corrected chi connectivity index (χ4v) is 4.03. The Morgan fingerprint density at radius 1 is 1.19 bits per heavy atom. The van der Waals surface area contributed by atoms with E-state index in [0.29, 0.717) is 0 Å². The topological polar surface area (TPSA) is 78.2 Å². The maximum Gasteiger partial charge on any atom is 0.490 e. The zero-order valence-electron chi connectivity index (χ0n) is 17.6. The molecule has 4 rings (SSSR count). The number of thiazole rings is 1. The van der Waals surface area contributed by atoms with Crippen molar-refractivity contribution in [3.8, 4) is 11.4 Å². The first-order chi connectivity index (χ1) is 15.1. The van der Waals surface area contributed by atoms with Crippen molar-refractivity contribution in [3.63, 3.8) is 0 Å². The number of halogens is 3. The van der Waals surface area contributed by atoms with Gasteiger partial charge in [0.1, 0.15) is 0 Å². The molecule has 0 saturated carbocycles. The Balaban J connectivity index is 0.000000360. The van der Waals surface area contributed by atoms with Gasteiger partial charge in [0.05, 0.1) is 27.5 Å². The average Bonchev–Trinajstić information content (AvgIpc) is 3.38. The van der Waals surface area contributed by atoms with Gasteiger partial charge in [0.2, 0.25) is 0 Å². The van der Waals surface area contributed by atoms with Crippen LogP contribution in [-0.4, -0.2) is 75.6 Å². The number of nitrogens with zero attached hydrogens (tertiary/aromatic N) is 4. The Bertz CT molecular complexity index is 1100. The fraction of sp³-hybridized carbons (Fsp3) is 0.381. The van der Waals surface area contributed by atoms with Crippen molar-refractivity contribution in [2.75, 3.05) is 33.2 Å². The molecule has 3 aromatic heterocycles. The van der Waals surface area contributed by atoms with Gasteiger partial charge in [0, 0.05) is 37.8 Å². The zero-order chi connectivity index (χ0) is 23.5. The lowest BCUT2D eigenvalue weighted by Crippen LogP contribution is -2.47. The first-order valence-corrected chi connectivity index (χ1v) is 10.8. The second-order valence-corrected chi connectivity index (χ2v) is 8.22. The lowest BCUT2D eigenvalue weighted by Gasteiger charge is -2.32. The smallest absolute Gasteiger partial charge is 0.475 e. The second-order valence-electron chi connectivity index (χ2n) is 7.28. The molecule has 1 aliphatic heterocycles. The first-order valence-electron chi connectivity index (χ1n) is 9.94. The quantitative estimate of drug-likeness (QED) is 0.635. The van der Waals surface area contributed by atoms with Gasteiger partial charge >= 0.3 is 12.1 Å². The van der Waals surface area contributed by atoms with Crippen LogP contribution in [0.4, 0.5) is 13.2 Å². The molecule has 1 aliphatic rings. The number of aliphatic carboxylic acids is 1. The fourth-order valence-electron chi connectivity index (χ4n) is 3.29. The molecule has 0 aliphatic carbocycles. The third-order valence-corrected chi connectivity index (χ3v) is 6.05. The summed E-state index contributed by atoms with van der Waals surface area (Å²) in [7, 11) is 2.10. The number of hydrogen-bond donors (Lipinski definition) is 1. The number of rotatable bonds is 3. The van der Waals surface area contributed by atoms with Gasteiger partial charge < -0.3 is 19.3 Å². The standard InChI is InChI=1S/C19H22N4OS.C2HF3O2/c1-3-18-20-15(13-25-18)17-12-14(16-6-4-5-7-23(16)17)19(24)22-10-8-21(2)9-11-22;3-2(4,5)1(6)7/h4-7,12-13H,3,8-11H2,1-2H3;(H,6,7). The molecule has 172 valence electrons. The molecule has 0 spiro atoms. The normalized spacial score (nSPS) is 14.8. The van der Waals surface area contributed by atoms with E-state index < -0.39 is 12.1 Å². The van der Waals surface area contributed by atoms with E-state index in [-0.39, 0.29) is 5.91 Å². The van der Waals surface area contributed by atoms with Crippen molar-refractivity contribution < 1.29 is 27.9 Å². The summed E-state index contributed by atoms with van der Waals surface area (Å²) >= 11 is 1.67. The van der Waals surface area contributed by atoms with E-state index in [9.17, 15) is 18.0 Å². The van der Waals surface area contributed by atoms with Crippen LogP contribution < -0.4 is 0 Å². The van der Waals surface area contributed by atoms with Crippen LogP contribution in [0.25, 0.3) is 16.9 Å². The maximum atomic E-state index is 13.1. The molecule has 4 heterocycles. The van der Waals surface area contributed by atoms with E-state index in [2.05, 4.69) is 28.7 Å². The van der Waals surface area contributed by atoms with Crippen LogP contribution >= 0.6 is 11.3 Å². The van der Waals surface area contributed by atoms with Gasteiger partial charge in [0.15, 0.2) is 0 Å². The van der Waals surface area contributed by atoms with Gasteiger partial charge in [-0.25, -0.2) is 9.78 Å². The van der Waals surface area contributed by atoms with E-state index >= 15 is 0 Å². The number of piperazine rings is 1. The minimum Gasteiger partial charge on any atom is -0.475 e. The van der Waals surface area contributed by atoms with Gasteiger partial charge in [-0.1, -0.05) is 13.0 Å². The van der Waals surface area contributed by atoms with Crippen LogP contribution in [0, 0.1) is 0 Å². The maximum absolute atomic E-state index is 13.1. The number of carbonyl (C=O) groups is 2. The highest BCUT2D eigenvalue weighted by molar-refractivity contribution is 7.09. The van der Waals surface area contributed by atoms with Crippen molar-refractivity contribution >= 4 is 28.7 Å². The van der Waals surface area contributed by atoms with Crippen LogP contribution in [-0.2, 0) is 11.2 Å². The summed E-state index contributed by atoms with van der Waals surface area (Å²) in [5.41, 5.74) is 3.66. The SMILES string of the molecule is CCc1nc(-c2cc(C(=O)N3CCN(C)CC3)c3ccccn23)cs1.O=C(O)C(F)(F)F. The first kappa shape index (κ1) is 23.7. The minimum absolute atomic E-state index is 0.119. The van der Waals surface area contributed by atoms with Crippen molar-refractivity contribution in [1.29, 1.82) is 0 Å². The number of aromatic nitrogens is 2. The monoisotopic (exact) mass is 468 g/mol. The van der Waals surface area contributed by atoms with Crippen LogP contribution in [0.15, 0.2) is 35.8 Å². The van der Waals surface area contributed by atoms with Gasteiger partial charge in [-0.15, -0.1) is 11.3 Å². The van der Waals surface area contributed by atoms with E-state index in [1.807, 2.05) is 35.4 Å². The highest BCUT2D eigenvalue weighted by Crippen LogP contribution is 2.28. The number of likely N-dealkylation sites (N-methyl/N-ethyl adjacent to an activating group) is 1. The number of carboxylic acids is 1. The molecule has 1 N–H and O–H groups in total. The van der Waals surface area contributed by atoms with Crippen LogP contribution in [0.2, 0.25) is 0 Å². The Hall–Kier alpha value is -2.92. The second kappa shape index (κ2) is 9.70. The predicted molar refractivity (Wildman–Crippen MR) is 115 cm³/mol. The van der Waals surface area contributed by atoms with Gasteiger partial charge in [0.25, 0.3) is 5.91 Å². The molecule has 1 saturated heterocycles.